The van der Waals surface area contributed by atoms with Gasteiger partial charge in [0.2, 0.25) is 0 Å². The van der Waals surface area contributed by atoms with Crippen LogP contribution in [-0.4, -0.2) is 49.3 Å². The number of hydrogen-bond acceptors (Lipinski definition) is 4. The van der Waals surface area contributed by atoms with Crippen molar-refractivity contribution in [2.75, 3.05) is 32.9 Å². The molecule has 2 rings (SSSR count). The van der Waals surface area contributed by atoms with Crippen molar-refractivity contribution in [3.8, 4) is 0 Å². The molecule has 0 radical (unpaired) electrons. The highest BCUT2D eigenvalue weighted by Crippen LogP contribution is 2.43. The lowest BCUT2D eigenvalue weighted by Gasteiger charge is -2.52. The topological polar surface area (TPSA) is 38.8 Å². The van der Waals surface area contributed by atoms with Crippen molar-refractivity contribution < 1.29 is 14.3 Å². The molecule has 0 spiro atoms. The first-order valence-electron chi connectivity index (χ1n) is 8.21. The normalized spacial score (nSPS) is 32.0. The highest BCUT2D eigenvalue weighted by molar-refractivity contribution is 5.71. The van der Waals surface area contributed by atoms with Crippen LogP contribution in [0.3, 0.4) is 0 Å². The van der Waals surface area contributed by atoms with E-state index in [2.05, 4.69) is 11.8 Å². The highest BCUT2D eigenvalue weighted by Gasteiger charge is 2.46. The summed E-state index contributed by atoms with van der Waals surface area (Å²) >= 11 is 0. The molecule has 2 unspecified atom stereocenters. The van der Waals surface area contributed by atoms with Crippen molar-refractivity contribution in [2.45, 2.75) is 57.9 Å². The second-order valence-electron chi connectivity index (χ2n) is 6.04. The van der Waals surface area contributed by atoms with E-state index < -0.39 is 0 Å². The van der Waals surface area contributed by atoms with E-state index in [1.165, 1.54) is 19.3 Å². The van der Waals surface area contributed by atoms with Crippen molar-refractivity contribution in [3.05, 3.63) is 0 Å². The maximum Gasteiger partial charge on any atom is 0.307 e. The van der Waals surface area contributed by atoms with Gasteiger partial charge >= 0.3 is 5.97 Å². The minimum Gasteiger partial charge on any atom is -0.466 e. The summed E-state index contributed by atoms with van der Waals surface area (Å²) in [7, 11) is 0. The molecule has 2 fully saturated rings. The molecular weight excluding hydrogens is 254 g/mol. The summed E-state index contributed by atoms with van der Waals surface area (Å²) in [5.41, 5.74) is 0.0169. The van der Waals surface area contributed by atoms with Crippen LogP contribution in [0.15, 0.2) is 0 Å². The molecule has 0 bridgehead atoms. The van der Waals surface area contributed by atoms with Crippen molar-refractivity contribution >= 4 is 5.97 Å². The minimum absolute atomic E-state index is 0.0169. The quantitative estimate of drug-likeness (QED) is 0.727. The fraction of sp³-hybridized carbons (Fsp3) is 0.938. The van der Waals surface area contributed by atoms with E-state index in [4.69, 9.17) is 9.47 Å². The summed E-state index contributed by atoms with van der Waals surface area (Å²) in [4.78, 5) is 14.7. The van der Waals surface area contributed by atoms with Crippen LogP contribution in [0.25, 0.3) is 0 Å². The van der Waals surface area contributed by atoms with Crippen molar-refractivity contribution in [2.24, 2.45) is 5.92 Å². The first-order valence-corrected chi connectivity index (χ1v) is 8.21. The number of rotatable bonds is 5. The lowest BCUT2D eigenvalue weighted by atomic mass is 9.68. The predicted octanol–water partition coefficient (Wildman–Crippen LogP) is 2.61. The van der Waals surface area contributed by atoms with Gasteiger partial charge in [-0.15, -0.1) is 0 Å². The van der Waals surface area contributed by atoms with E-state index in [1.807, 2.05) is 6.92 Å². The number of hydrogen-bond donors (Lipinski definition) is 0. The Balaban J connectivity index is 2.18. The van der Waals surface area contributed by atoms with Crippen molar-refractivity contribution in [1.82, 2.24) is 4.90 Å². The zero-order valence-corrected chi connectivity index (χ0v) is 13.0. The Morgan fingerprint density at radius 1 is 1.30 bits per heavy atom. The minimum atomic E-state index is -0.0284. The average Bonchev–Trinajstić information content (AvgIpc) is 2.49. The molecule has 1 aliphatic heterocycles. The van der Waals surface area contributed by atoms with Crippen LogP contribution in [0.1, 0.15) is 52.4 Å². The van der Waals surface area contributed by atoms with Crippen LogP contribution < -0.4 is 0 Å². The molecular formula is C16H29NO3. The van der Waals surface area contributed by atoms with Gasteiger partial charge in [0.25, 0.3) is 0 Å². The number of nitrogens with zero attached hydrogens (tertiary/aromatic N) is 1. The summed E-state index contributed by atoms with van der Waals surface area (Å²) in [5, 5.41) is 0. The lowest BCUT2D eigenvalue weighted by Crippen LogP contribution is -2.59. The molecule has 1 saturated carbocycles. The molecule has 0 aromatic carbocycles. The third kappa shape index (κ3) is 3.34. The fourth-order valence-corrected chi connectivity index (χ4v) is 4.11. The molecule has 1 aliphatic carbocycles. The Labute approximate surface area is 122 Å². The Morgan fingerprint density at radius 3 is 2.70 bits per heavy atom. The first-order chi connectivity index (χ1) is 9.73. The molecule has 2 aliphatic rings. The largest absolute Gasteiger partial charge is 0.466 e. The Morgan fingerprint density at radius 2 is 2.05 bits per heavy atom. The average molecular weight is 283 g/mol. The van der Waals surface area contributed by atoms with Crippen LogP contribution in [0.5, 0.6) is 0 Å². The van der Waals surface area contributed by atoms with Crippen LogP contribution in [-0.2, 0) is 14.3 Å². The third-order valence-electron chi connectivity index (χ3n) is 5.06. The molecule has 4 heteroatoms. The molecule has 0 aromatic rings. The van der Waals surface area contributed by atoms with Gasteiger partial charge in [-0.05, 0) is 25.7 Å². The van der Waals surface area contributed by atoms with Gasteiger partial charge in [-0.25, -0.2) is 0 Å². The number of morpholine rings is 1. The smallest absolute Gasteiger partial charge is 0.307 e. The molecule has 4 nitrogen and oxygen atoms in total. The van der Waals surface area contributed by atoms with E-state index in [0.717, 1.165) is 39.1 Å². The van der Waals surface area contributed by atoms with Gasteiger partial charge in [0.15, 0.2) is 0 Å². The Bertz CT molecular complexity index is 315. The number of ether oxygens (including phenoxy) is 2. The van der Waals surface area contributed by atoms with Gasteiger partial charge in [-0.2, -0.15) is 0 Å². The lowest BCUT2D eigenvalue weighted by molar-refractivity contribution is -0.151. The first kappa shape index (κ1) is 15.8. The SMILES string of the molecule is CCOC(=O)CC1(N2CCOCC2)CCCCC1CC. The zero-order chi connectivity index (χ0) is 14.4. The molecule has 0 aromatic heterocycles. The van der Waals surface area contributed by atoms with E-state index in [-0.39, 0.29) is 11.5 Å². The highest BCUT2D eigenvalue weighted by atomic mass is 16.5. The number of esters is 1. The van der Waals surface area contributed by atoms with Gasteiger partial charge in [0.05, 0.1) is 26.2 Å². The maximum absolute atomic E-state index is 12.1. The van der Waals surface area contributed by atoms with Crippen LogP contribution in [0.4, 0.5) is 0 Å². The van der Waals surface area contributed by atoms with Crippen LogP contribution in [0, 0.1) is 5.92 Å². The van der Waals surface area contributed by atoms with Crippen LogP contribution in [0.2, 0.25) is 0 Å². The van der Waals surface area contributed by atoms with Crippen LogP contribution >= 0.6 is 0 Å². The fourth-order valence-electron chi connectivity index (χ4n) is 4.11. The van der Waals surface area contributed by atoms with Gasteiger partial charge < -0.3 is 9.47 Å². The van der Waals surface area contributed by atoms with Gasteiger partial charge in [-0.3, -0.25) is 9.69 Å². The molecule has 20 heavy (non-hydrogen) atoms. The maximum atomic E-state index is 12.1. The summed E-state index contributed by atoms with van der Waals surface area (Å²) in [6.07, 6.45) is 6.61. The summed E-state index contributed by atoms with van der Waals surface area (Å²) in [6, 6.07) is 0. The monoisotopic (exact) mass is 283 g/mol. The molecule has 0 amide bonds. The predicted molar refractivity (Wildman–Crippen MR) is 78.6 cm³/mol. The molecule has 0 N–H and O–H groups in total. The Kier molecular flexibility index (Phi) is 5.85. The van der Waals surface area contributed by atoms with E-state index >= 15 is 0 Å². The second-order valence-corrected chi connectivity index (χ2v) is 6.04. The zero-order valence-electron chi connectivity index (χ0n) is 13.0. The number of carbonyl (C=O) groups is 1. The number of carbonyl (C=O) groups excluding carboxylic acids is 1. The van der Waals surface area contributed by atoms with Crippen molar-refractivity contribution in [1.29, 1.82) is 0 Å². The Hall–Kier alpha value is -0.610. The summed E-state index contributed by atoms with van der Waals surface area (Å²) in [6.45, 7) is 8.12. The van der Waals surface area contributed by atoms with E-state index in [1.54, 1.807) is 0 Å². The standard InChI is InChI=1S/C16H29NO3/c1-3-14-7-5-6-8-16(14,13-15(18)20-4-2)17-9-11-19-12-10-17/h14H,3-13H2,1-2H3. The van der Waals surface area contributed by atoms with Gasteiger partial charge in [0, 0.05) is 18.6 Å². The molecule has 116 valence electrons. The van der Waals surface area contributed by atoms with E-state index in [0.29, 0.717) is 18.9 Å². The van der Waals surface area contributed by atoms with Gasteiger partial charge in [-0.1, -0.05) is 26.2 Å². The summed E-state index contributed by atoms with van der Waals surface area (Å²) < 4.78 is 10.8. The second kappa shape index (κ2) is 7.41. The van der Waals surface area contributed by atoms with Gasteiger partial charge in [0.1, 0.15) is 0 Å². The summed E-state index contributed by atoms with van der Waals surface area (Å²) in [5.74, 6) is 0.582. The molecule has 1 saturated heterocycles. The van der Waals surface area contributed by atoms with Crippen molar-refractivity contribution in [3.63, 3.8) is 0 Å². The molecule has 1 heterocycles. The third-order valence-corrected chi connectivity index (χ3v) is 5.06. The van der Waals surface area contributed by atoms with E-state index in [9.17, 15) is 4.79 Å². The molecule has 2 atom stereocenters.